The lowest BCUT2D eigenvalue weighted by atomic mass is 10.1. The van der Waals surface area contributed by atoms with Crippen molar-refractivity contribution in [2.24, 2.45) is 0 Å². The minimum atomic E-state index is 0.558. The van der Waals surface area contributed by atoms with Gasteiger partial charge in [-0.05, 0) is 42.8 Å². The topological polar surface area (TPSA) is 82.8 Å². The minimum absolute atomic E-state index is 0.558. The summed E-state index contributed by atoms with van der Waals surface area (Å²) < 4.78 is 7.63. The summed E-state index contributed by atoms with van der Waals surface area (Å²) in [6.45, 7) is 1.97. The summed E-state index contributed by atoms with van der Waals surface area (Å²) in [6, 6.07) is 11.5. The van der Waals surface area contributed by atoms with E-state index in [0.717, 1.165) is 33.6 Å². The lowest BCUT2D eigenvalue weighted by molar-refractivity contribution is 0.620. The average Bonchev–Trinajstić information content (AvgIpc) is 3.17. The summed E-state index contributed by atoms with van der Waals surface area (Å²) in [4.78, 5) is 4.55. The number of hydrogen-bond donors (Lipinski definition) is 1. The minimum Gasteiger partial charge on any atom is -0.436 e. The van der Waals surface area contributed by atoms with E-state index in [1.54, 1.807) is 12.7 Å². The van der Waals surface area contributed by atoms with Crippen LogP contribution >= 0.6 is 0 Å². The van der Waals surface area contributed by atoms with Crippen molar-refractivity contribution < 1.29 is 4.42 Å². The van der Waals surface area contributed by atoms with Crippen LogP contribution in [0.5, 0.6) is 0 Å². The smallest absolute Gasteiger partial charge is 0.227 e. The Morgan fingerprint density at radius 3 is 2.64 bits per heavy atom. The zero-order valence-corrected chi connectivity index (χ0v) is 11.9. The third kappa shape index (κ3) is 2.01. The molecule has 22 heavy (non-hydrogen) atoms. The fraction of sp³-hybridized carbons (Fsp3) is 0.0625. The van der Waals surface area contributed by atoms with Gasteiger partial charge in [0.15, 0.2) is 5.58 Å². The van der Waals surface area contributed by atoms with Crippen molar-refractivity contribution in [3.8, 4) is 17.1 Å². The van der Waals surface area contributed by atoms with Crippen LogP contribution in [-0.2, 0) is 0 Å². The normalized spacial score (nSPS) is 11.1. The predicted octanol–water partition coefficient (Wildman–Crippen LogP) is 2.97. The number of nitrogens with zero attached hydrogens (tertiary/aromatic N) is 4. The largest absolute Gasteiger partial charge is 0.436 e. The van der Waals surface area contributed by atoms with Crippen LogP contribution in [0, 0.1) is 6.92 Å². The molecule has 0 atom stereocenters. The van der Waals surface area contributed by atoms with Crippen LogP contribution in [0.3, 0.4) is 0 Å². The maximum Gasteiger partial charge on any atom is 0.227 e. The molecule has 108 valence electrons. The molecule has 0 saturated heterocycles. The first-order chi connectivity index (χ1) is 10.7. The van der Waals surface area contributed by atoms with E-state index in [0.29, 0.717) is 5.89 Å². The molecule has 0 amide bonds. The van der Waals surface area contributed by atoms with Crippen molar-refractivity contribution in [1.29, 1.82) is 0 Å². The van der Waals surface area contributed by atoms with Crippen LogP contribution in [0.2, 0.25) is 0 Å². The van der Waals surface area contributed by atoms with Gasteiger partial charge < -0.3 is 10.2 Å². The highest BCUT2D eigenvalue weighted by Gasteiger charge is 2.10. The van der Waals surface area contributed by atoms with Crippen LogP contribution in [0.1, 0.15) is 5.56 Å². The number of rotatable bonds is 2. The Kier molecular flexibility index (Phi) is 2.69. The van der Waals surface area contributed by atoms with Crippen LogP contribution < -0.4 is 5.73 Å². The van der Waals surface area contributed by atoms with Gasteiger partial charge in [-0.1, -0.05) is 6.07 Å². The van der Waals surface area contributed by atoms with E-state index in [1.165, 1.54) is 0 Å². The second-order valence-corrected chi connectivity index (χ2v) is 5.11. The van der Waals surface area contributed by atoms with E-state index in [2.05, 4.69) is 15.2 Å². The maximum absolute atomic E-state index is 5.95. The van der Waals surface area contributed by atoms with Crippen molar-refractivity contribution in [2.75, 3.05) is 5.73 Å². The lowest BCUT2D eigenvalue weighted by Gasteiger charge is -2.00. The number of benzene rings is 2. The molecule has 0 aliphatic heterocycles. The quantitative estimate of drug-likeness (QED) is 0.574. The fourth-order valence-electron chi connectivity index (χ4n) is 2.31. The van der Waals surface area contributed by atoms with Crippen LogP contribution in [0.25, 0.3) is 28.2 Å². The molecule has 2 aromatic heterocycles. The highest BCUT2D eigenvalue weighted by atomic mass is 16.3. The molecule has 0 aliphatic carbocycles. The summed E-state index contributed by atoms with van der Waals surface area (Å²) in [5, 5.41) is 7.61. The molecule has 0 saturated carbocycles. The first kappa shape index (κ1) is 12.6. The fourth-order valence-corrected chi connectivity index (χ4v) is 2.31. The molecule has 6 heteroatoms. The van der Waals surface area contributed by atoms with Crippen molar-refractivity contribution in [1.82, 2.24) is 19.7 Å². The molecular weight excluding hydrogens is 278 g/mol. The molecule has 2 heterocycles. The van der Waals surface area contributed by atoms with Gasteiger partial charge >= 0.3 is 0 Å². The number of hydrogen-bond acceptors (Lipinski definition) is 5. The highest BCUT2D eigenvalue weighted by molar-refractivity contribution is 5.79. The molecule has 0 radical (unpaired) electrons. The highest BCUT2D eigenvalue weighted by Crippen LogP contribution is 2.27. The predicted molar refractivity (Wildman–Crippen MR) is 83.5 cm³/mol. The van der Waals surface area contributed by atoms with Gasteiger partial charge in [-0.3, -0.25) is 4.57 Å². The third-order valence-electron chi connectivity index (χ3n) is 3.61. The number of fused-ring (bicyclic) bond motifs is 1. The van der Waals surface area contributed by atoms with Gasteiger partial charge in [0.1, 0.15) is 18.2 Å². The molecule has 0 bridgehead atoms. The van der Waals surface area contributed by atoms with Gasteiger partial charge in [0.25, 0.3) is 0 Å². The molecule has 2 N–H and O–H groups in total. The zero-order chi connectivity index (χ0) is 15.1. The zero-order valence-electron chi connectivity index (χ0n) is 11.9. The van der Waals surface area contributed by atoms with Gasteiger partial charge in [-0.25, -0.2) is 4.98 Å². The lowest BCUT2D eigenvalue weighted by Crippen LogP contribution is -1.90. The third-order valence-corrected chi connectivity index (χ3v) is 3.61. The van der Waals surface area contributed by atoms with Crippen LogP contribution in [-0.4, -0.2) is 19.7 Å². The van der Waals surface area contributed by atoms with Gasteiger partial charge in [0, 0.05) is 11.3 Å². The summed E-state index contributed by atoms with van der Waals surface area (Å²) in [5.74, 6) is 0.558. The number of nitrogens with two attached hydrogens (primary N) is 1. The maximum atomic E-state index is 5.95. The molecule has 0 fully saturated rings. The molecular formula is C16H13N5O. The summed E-state index contributed by atoms with van der Waals surface area (Å²) in [5.41, 5.74) is 11.0. The molecule has 0 unspecified atom stereocenters. The Morgan fingerprint density at radius 2 is 1.86 bits per heavy atom. The summed E-state index contributed by atoms with van der Waals surface area (Å²) in [6.07, 6.45) is 3.28. The van der Waals surface area contributed by atoms with E-state index in [1.807, 2.05) is 47.9 Å². The SMILES string of the molecule is Cc1ccc(-c2nc3cc(-n4cnnc4)ccc3o2)cc1N. The first-order valence-electron chi connectivity index (χ1n) is 6.83. The Balaban J connectivity index is 1.81. The second-order valence-electron chi connectivity index (χ2n) is 5.11. The van der Waals surface area contributed by atoms with Crippen molar-refractivity contribution in [3.63, 3.8) is 0 Å². The summed E-state index contributed by atoms with van der Waals surface area (Å²) >= 11 is 0. The summed E-state index contributed by atoms with van der Waals surface area (Å²) in [7, 11) is 0. The van der Waals surface area contributed by atoms with Crippen molar-refractivity contribution in [2.45, 2.75) is 6.92 Å². The second kappa shape index (κ2) is 4.70. The molecule has 0 spiro atoms. The van der Waals surface area contributed by atoms with Gasteiger partial charge in [-0.15, -0.1) is 10.2 Å². The number of aryl methyl sites for hydroxylation is 1. The number of anilines is 1. The Hall–Kier alpha value is -3.15. The van der Waals surface area contributed by atoms with Crippen molar-refractivity contribution >= 4 is 16.8 Å². The van der Waals surface area contributed by atoms with Gasteiger partial charge in [0.2, 0.25) is 5.89 Å². The van der Waals surface area contributed by atoms with E-state index >= 15 is 0 Å². The van der Waals surface area contributed by atoms with Crippen LogP contribution in [0.4, 0.5) is 5.69 Å². The van der Waals surface area contributed by atoms with Gasteiger partial charge in [0.05, 0.1) is 5.69 Å². The number of nitrogen functional groups attached to an aromatic ring is 1. The van der Waals surface area contributed by atoms with Crippen molar-refractivity contribution in [3.05, 3.63) is 54.6 Å². The van der Waals surface area contributed by atoms with E-state index in [4.69, 9.17) is 10.2 Å². The monoisotopic (exact) mass is 291 g/mol. The van der Waals surface area contributed by atoms with E-state index < -0.39 is 0 Å². The average molecular weight is 291 g/mol. The standard InChI is InChI=1S/C16H13N5O/c1-10-2-3-11(6-13(10)17)16-20-14-7-12(4-5-15(14)22-16)21-8-18-19-9-21/h2-9H,17H2,1H3. The first-order valence-corrected chi connectivity index (χ1v) is 6.83. The molecule has 4 rings (SSSR count). The Morgan fingerprint density at radius 1 is 1.05 bits per heavy atom. The molecule has 4 aromatic rings. The molecule has 2 aromatic carbocycles. The number of oxazole rings is 1. The molecule has 6 nitrogen and oxygen atoms in total. The van der Waals surface area contributed by atoms with Gasteiger partial charge in [-0.2, -0.15) is 0 Å². The Bertz CT molecular complexity index is 956. The number of aromatic nitrogens is 4. The van der Waals surface area contributed by atoms with E-state index in [-0.39, 0.29) is 0 Å². The molecule has 0 aliphatic rings. The van der Waals surface area contributed by atoms with Crippen LogP contribution in [0.15, 0.2) is 53.5 Å². The Labute approximate surface area is 126 Å². The van der Waals surface area contributed by atoms with E-state index in [9.17, 15) is 0 Å².